The second-order valence-corrected chi connectivity index (χ2v) is 9.55. The van der Waals surface area contributed by atoms with E-state index in [1.807, 2.05) is 24.3 Å². The van der Waals surface area contributed by atoms with E-state index in [1.165, 1.54) is 49.0 Å². The van der Waals surface area contributed by atoms with Crippen molar-refractivity contribution < 1.29 is 14.6 Å². The highest BCUT2D eigenvalue weighted by Gasteiger charge is 2.19. The molecule has 0 aromatic heterocycles. The Hall–Kier alpha value is -3.11. The quantitative estimate of drug-likeness (QED) is 0.403. The molecule has 0 aliphatic carbocycles. The van der Waals surface area contributed by atoms with E-state index in [0.29, 0.717) is 13.0 Å². The SMILES string of the molecule is Cc1ccc(CC2CCN(Cc3ccc(COc4ccc(CCC(=O)O)cc4)cc3)CC2)cc1. The van der Waals surface area contributed by atoms with Crippen molar-refractivity contribution in [1.29, 1.82) is 0 Å². The van der Waals surface area contributed by atoms with Crippen molar-refractivity contribution in [2.24, 2.45) is 5.92 Å². The number of piperidine rings is 1. The Morgan fingerprint density at radius 1 is 0.853 bits per heavy atom. The number of hydrogen-bond donors (Lipinski definition) is 1. The van der Waals surface area contributed by atoms with Crippen molar-refractivity contribution in [3.8, 4) is 5.75 Å². The maximum absolute atomic E-state index is 10.7. The molecule has 0 unspecified atom stereocenters. The van der Waals surface area contributed by atoms with Gasteiger partial charge in [-0.15, -0.1) is 0 Å². The van der Waals surface area contributed by atoms with Crippen molar-refractivity contribution in [3.05, 3.63) is 101 Å². The second-order valence-electron chi connectivity index (χ2n) is 9.55. The molecule has 0 amide bonds. The third-order valence-corrected chi connectivity index (χ3v) is 6.74. The zero-order chi connectivity index (χ0) is 23.8. The van der Waals surface area contributed by atoms with E-state index in [9.17, 15) is 4.79 Å². The van der Waals surface area contributed by atoms with Gasteiger partial charge < -0.3 is 9.84 Å². The molecule has 3 aromatic carbocycles. The van der Waals surface area contributed by atoms with Crippen molar-refractivity contribution in [2.45, 2.75) is 52.2 Å². The molecular weight excluding hydrogens is 422 g/mol. The number of carboxylic acid groups (broad SMARTS) is 1. The lowest BCUT2D eigenvalue weighted by molar-refractivity contribution is -0.136. The smallest absolute Gasteiger partial charge is 0.303 e. The Morgan fingerprint density at radius 3 is 2.09 bits per heavy atom. The highest BCUT2D eigenvalue weighted by atomic mass is 16.5. The Balaban J connectivity index is 1.18. The number of nitrogens with zero attached hydrogens (tertiary/aromatic N) is 1. The van der Waals surface area contributed by atoms with Crippen molar-refractivity contribution in [3.63, 3.8) is 0 Å². The van der Waals surface area contributed by atoms with Gasteiger partial charge in [-0.2, -0.15) is 0 Å². The molecule has 1 heterocycles. The molecule has 4 heteroatoms. The number of carboxylic acids is 1. The molecule has 0 spiro atoms. The predicted octanol–water partition coefficient (Wildman–Crippen LogP) is 6.05. The van der Waals surface area contributed by atoms with E-state index in [0.717, 1.165) is 29.3 Å². The van der Waals surface area contributed by atoms with Gasteiger partial charge in [-0.1, -0.05) is 66.2 Å². The van der Waals surface area contributed by atoms with Crippen molar-refractivity contribution in [1.82, 2.24) is 4.90 Å². The van der Waals surface area contributed by atoms with Gasteiger partial charge in [-0.3, -0.25) is 9.69 Å². The van der Waals surface area contributed by atoms with Crippen LogP contribution in [0.15, 0.2) is 72.8 Å². The summed E-state index contributed by atoms with van der Waals surface area (Å²) < 4.78 is 5.90. The van der Waals surface area contributed by atoms with Gasteiger partial charge in [0.1, 0.15) is 12.4 Å². The summed E-state index contributed by atoms with van der Waals surface area (Å²) >= 11 is 0. The van der Waals surface area contributed by atoms with Gasteiger partial charge in [0.05, 0.1) is 0 Å². The lowest BCUT2D eigenvalue weighted by Crippen LogP contribution is -2.33. The summed E-state index contributed by atoms with van der Waals surface area (Å²) in [6.45, 7) is 6.02. The molecule has 1 fully saturated rings. The monoisotopic (exact) mass is 457 g/mol. The Morgan fingerprint density at radius 2 is 1.44 bits per heavy atom. The lowest BCUT2D eigenvalue weighted by atomic mass is 9.90. The lowest BCUT2D eigenvalue weighted by Gasteiger charge is -2.32. The Kier molecular flexibility index (Phi) is 8.37. The van der Waals surface area contributed by atoms with E-state index in [1.54, 1.807) is 0 Å². The third-order valence-electron chi connectivity index (χ3n) is 6.74. The zero-order valence-electron chi connectivity index (χ0n) is 20.1. The molecule has 1 aliphatic rings. The van der Waals surface area contributed by atoms with E-state index in [-0.39, 0.29) is 6.42 Å². The maximum atomic E-state index is 10.7. The minimum absolute atomic E-state index is 0.151. The summed E-state index contributed by atoms with van der Waals surface area (Å²) in [4.78, 5) is 13.3. The molecule has 178 valence electrons. The molecule has 0 radical (unpaired) electrons. The summed E-state index contributed by atoms with van der Waals surface area (Å²) in [7, 11) is 0. The molecule has 0 saturated carbocycles. The van der Waals surface area contributed by atoms with Gasteiger partial charge in [0, 0.05) is 13.0 Å². The van der Waals surface area contributed by atoms with Gasteiger partial charge in [-0.05, 0) is 86.0 Å². The van der Waals surface area contributed by atoms with Crippen LogP contribution in [0.3, 0.4) is 0 Å². The molecule has 34 heavy (non-hydrogen) atoms. The number of aryl methyl sites for hydroxylation is 2. The molecule has 4 rings (SSSR count). The third kappa shape index (κ3) is 7.46. The number of likely N-dealkylation sites (tertiary alicyclic amines) is 1. The van der Waals surface area contributed by atoms with Crippen LogP contribution in [0.4, 0.5) is 0 Å². The average Bonchev–Trinajstić information content (AvgIpc) is 2.85. The second kappa shape index (κ2) is 11.8. The van der Waals surface area contributed by atoms with Crippen LogP contribution in [0.1, 0.15) is 47.1 Å². The van der Waals surface area contributed by atoms with Gasteiger partial charge >= 0.3 is 5.97 Å². The molecule has 1 N–H and O–H groups in total. The largest absolute Gasteiger partial charge is 0.489 e. The zero-order valence-corrected chi connectivity index (χ0v) is 20.1. The summed E-state index contributed by atoms with van der Waals surface area (Å²) in [6.07, 6.45) is 4.44. The fraction of sp³-hybridized carbons (Fsp3) is 0.367. The molecule has 4 nitrogen and oxygen atoms in total. The van der Waals surface area contributed by atoms with Crippen LogP contribution in [0, 0.1) is 12.8 Å². The Labute approximate surface area is 203 Å². The normalized spacial score (nSPS) is 14.7. The topological polar surface area (TPSA) is 49.8 Å². The van der Waals surface area contributed by atoms with Crippen LogP contribution in [-0.2, 0) is 30.8 Å². The number of hydrogen-bond acceptors (Lipinski definition) is 3. The van der Waals surface area contributed by atoms with Gasteiger partial charge in [0.25, 0.3) is 0 Å². The first-order valence-electron chi connectivity index (χ1n) is 12.3. The van der Waals surface area contributed by atoms with E-state index in [2.05, 4.69) is 60.4 Å². The van der Waals surface area contributed by atoms with Crippen LogP contribution in [0.5, 0.6) is 5.75 Å². The number of carbonyl (C=O) groups is 1. The van der Waals surface area contributed by atoms with Crippen LogP contribution in [-0.4, -0.2) is 29.1 Å². The molecule has 0 bridgehead atoms. The highest BCUT2D eigenvalue weighted by Crippen LogP contribution is 2.23. The minimum Gasteiger partial charge on any atom is -0.489 e. The molecule has 3 aromatic rings. The molecule has 1 aliphatic heterocycles. The number of rotatable bonds is 10. The van der Waals surface area contributed by atoms with Gasteiger partial charge in [0.15, 0.2) is 0 Å². The van der Waals surface area contributed by atoms with Crippen LogP contribution in [0.25, 0.3) is 0 Å². The van der Waals surface area contributed by atoms with Crippen LogP contribution in [0.2, 0.25) is 0 Å². The summed E-state index contributed by atoms with van der Waals surface area (Å²) in [5.74, 6) is 0.827. The maximum Gasteiger partial charge on any atom is 0.303 e. The average molecular weight is 458 g/mol. The van der Waals surface area contributed by atoms with Crippen LogP contribution >= 0.6 is 0 Å². The summed E-state index contributed by atoms with van der Waals surface area (Å²) in [6, 6.07) is 25.4. The molecule has 0 atom stereocenters. The van der Waals surface area contributed by atoms with E-state index >= 15 is 0 Å². The first kappa shape index (κ1) is 24.0. The van der Waals surface area contributed by atoms with Crippen molar-refractivity contribution in [2.75, 3.05) is 13.1 Å². The van der Waals surface area contributed by atoms with Crippen molar-refractivity contribution >= 4 is 5.97 Å². The first-order valence-corrected chi connectivity index (χ1v) is 12.3. The Bertz CT molecular complexity index is 1030. The minimum atomic E-state index is -0.772. The van der Waals surface area contributed by atoms with Crippen LogP contribution < -0.4 is 4.74 Å². The van der Waals surface area contributed by atoms with E-state index in [4.69, 9.17) is 9.84 Å². The summed E-state index contributed by atoms with van der Waals surface area (Å²) in [5.41, 5.74) is 6.31. The first-order chi connectivity index (χ1) is 16.5. The number of ether oxygens (including phenoxy) is 1. The fourth-order valence-corrected chi connectivity index (χ4v) is 4.58. The standard InChI is InChI=1S/C30H35NO3/c1-23-2-4-25(5-3-23)20-26-16-18-31(19-17-26)21-27-6-8-28(9-7-27)22-34-29-13-10-24(11-14-29)12-15-30(32)33/h2-11,13-14,26H,12,15-22H2,1H3,(H,32,33). The fourth-order valence-electron chi connectivity index (χ4n) is 4.58. The van der Waals surface area contributed by atoms with Gasteiger partial charge in [0.2, 0.25) is 0 Å². The highest BCUT2D eigenvalue weighted by molar-refractivity contribution is 5.67. The molecule has 1 saturated heterocycles. The molecular formula is C30H35NO3. The number of aliphatic carboxylic acids is 1. The van der Waals surface area contributed by atoms with E-state index < -0.39 is 5.97 Å². The van der Waals surface area contributed by atoms with Gasteiger partial charge in [-0.25, -0.2) is 0 Å². The summed E-state index contributed by atoms with van der Waals surface area (Å²) in [5, 5.41) is 8.79. The number of benzene rings is 3. The predicted molar refractivity (Wildman–Crippen MR) is 136 cm³/mol.